The first kappa shape index (κ1) is 18.7. The average molecular weight is 357 g/mol. The van der Waals surface area contributed by atoms with Gasteiger partial charge in [-0.1, -0.05) is 24.3 Å². The lowest BCUT2D eigenvalue weighted by Crippen LogP contribution is -2.47. The van der Waals surface area contributed by atoms with E-state index in [0.717, 1.165) is 32.4 Å². The number of piperidine rings is 1. The van der Waals surface area contributed by atoms with Gasteiger partial charge in [0.25, 0.3) is 0 Å². The largest absolute Gasteiger partial charge is 0.354 e. The van der Waals surface area contributed by atoms with Crippen LogP contribution in [0.5, 0.6) is 0 Å². The smallest absolute Gasteiger partial charge is 0.319 e. The van der Waals surface area contributed by atoms with Crippen molar-refractivity contribution in [2.24, 2.45) is 0 Å². The van der Waals surface area contributed by atoms with Crippen molar-refractivity contribution >= 4 is 11.9 Å². The Morgan fingerprint density at radius 2 is 1.88 bits per heavy atom. The van der Waals surface area contributed by atoms with Gasteiger partial charge in [0.05, 0.1) is 0 Å². The van der Waals surface area contributed by atoms with E-state index in [1.54, 1.807) is 19.0 Å². The Balaban J connectivity index is 1.76. The Hall–Kier alpha value is -2.04. The molecule has 0 bridgehead atoms. The van der Waals surface area contributed by atoms with Gasteiger partial charge < -0.3 is 15.1 Å². The molecule has 1 aromatic carbocycles. The lowest BCUT2D eigenvalue weighted by molar-refractivity contribution is -0.122. The highest BCUT2D eigenvalue weighted by Crippen LogP contribution is 2.52. The Morgan fingerprint density at radius 3 is 2.50 bits per heavy atom. The van der Waals surface area contributed by atoms with E-state index in [1.807, 2.05) is 18.7 Å². The normalized spacial score (nSPS) is 21.0. The maximum Gasteiger partial charge on any atom is 0.319 e. The first-order chi connectivity index (χ1) is 12.3. The van der Waals surface area contributed by atoms with Crippen LogP contribution in [0.2, 0.25) is 0 Å². The molecular weight excluding hydrogens is 326 g/mol. The second-order valence-corrected chi connectivity index (χ2v) is 8.36. The van der Waals surface area contributed by atoms with Crippen molar-refractivity contribution in [1.82, 2.24) is 15.1 Å². The number of fused-ring (bicyclic) bond motifs is 2. The number of hydrogen-bond donors (Lipinski definition) is 1. The summed E-state index contributed by atoms with van der Waals surface area (Å²) in [6.07, 6.45) is 3.52. The molecule has 1 aromatic rings. The first-order valence-electron chi connectivity index (χ1n) is 9.67. The molecule has 0 radical (unpaired) electrons. The number of likely N-dealkylation sites (tertiary alicyclic amines) is 1. The predicted molar refractivity (Wildman–Crippen MR) is 103 cm³/mol. The number of rotatable bonds is 3. The second-order valence-electron chi connectivity index (χ2n) is 8.36. The Morgan fingerprint density at radius 1 is 1.23 bits per heavy atom. The third kappa shape index (κ3) is 3.57. The molecule has 1 aliphatic heterocycles. The molecule has 0 saturated carbocycles. The second kappa shape index (κ2) is 7.29. The van der Waals surface area contributed by atoms with Gasteiger partial charge in [-0.3, -0.25) is 4.79 Å². The minimum Gasteiger partial charge on any atom is -0.354 e. The topological polar surface area (TPSA) is 52.7 Å². The van der Waals surface area contributed by atoms with E-state index in [9.17, 15) is 9.59 Å². The molecule has 5 nitrogen and oxygen atoms in total. The van der Waals surface area contributed by atoms with Gasteiger partial charge in [0, 0.05) is 39.6 Å². The van der Waals surface area contributed by atoms with Crippen molar-refractivity contribution in [3.8, 4) is 0 Å². The molecule has 1 spiro atoms. The molecule has 1 fully saturated rings. The average Bonchev–Trinajstić information content (AvgIpc) is 2.88. The van der Waals surface area contributed by atoms with Crippen LogP contribution in [0.1, 0.15) is 56.6 Å². The molecule has 5 heteroatoms. The summed E-state index contributed by atoms with van der Waals surface area (Å²) in [5, 5.41) is 3.03. The third-order valence-corrected chi connectivity index (χ3v) is 5.86. The number of benzene rings is 1. The van der Waals surface area contributed by atoms with Gasteiger partial charge in [0.15, 0.2) is 0 Å². The minimum absolute atomic E-state index is 0.0963. The Kier molecular flexibility index (Phi) is 5.26. The van der Waals surface area contributed by atoms with Crippen LogP contribution in [0.25, 0.3) is 0 Å². The van der Waals surface area contributed by atoms with E-state index in [4.69, 9.17) is 0 Å². The van der Waals surface area contributed by atoms with Crippen molar-refractivity contribution < 1.29 is 9.59 Å². The number of urea groups is 1. The number of hydrogen-bond acceptors (Lipinski definition) is 2. The van der Waals surface area contributed by atoms with E-state index in [2.05, 4.69) is 29.6 Å². The fraction of sp³-hybridized carbons (Fsp3) is 0.619. The van der Waals surface area contributed by atoms with Crippen LogP contribution in [-0.2, 0) is 10.2 Å². The molecular formula is C21H31N3O2. The molecule has 1 saturated heterocycles. The monoisotopic (exact) mass is 357 g/mol. The zero-order valence-corrected chi connectivity index (χ0v) is 16.4. The standard InChI is InChI=1S/C21H31N3O2/c1-15(2)22-19(25)13-16-14-21(18-8-6-5-7-17(16)18)9-11-24(12-10-21)20(26)23(3)4/h5-8,15-16H,9-14H2,1-4H3,(H,22,25)/t16-/m0/s1. The van der Waals surface area contributed by atoms with Crippen molar-refractivity contribution in [2.45, 2.75) is 56.9 Å². The van der Waals surface area contributed by atoms with Crippen LogP contribution in [0.3, 0.4) is 0 Å². The summed E-state index contributed by atoms with van der Waals surface area (Å²) in [5.41, 5.74) is 2.85. The lowest BCUT2D eigenvalue weighted by Gasteiger charge is -2.41. The molecule has 3 rings (SSSR count). The highest BCUT2D eigenvalue weighted by Gasteiger charge is 2.46. The maximum atomic E-state index is 12.3. The molecule has 3 amide bonds. The molecule has 1 N–H and O–H groups in total. The Bertz CT molecular complexity index is 676. The molecule has 142 valence electrons. The van der Waals surface area contributed by atoms with E-state index in [1.165, 1.54) is 11.1 Å². The maximum absolute atomic E-state index is 12.3. The van der Waals surface area contributed by atoms with Crippen molar-refractivity contribution in [3.63, 3.8) is 0 Å². The number of amides is 3. The van der Waals surface area contributed by atoms with Crippen LogP contribution < -0.4 is 5.32 Å². The minimum atomic E-state index is 0.0963. The quantitative estimate of drug-likeness (QED) is 0.904. The molecule has 0 aromatic heterocycles. The summed E-state index contributed by atoms with van der Waals surface area (Å²) in [5.74, 6) is 0.415. The summed E-state index contributed by atoms with van der Waals surface area (Å²) >= 11 is 0. The number of carbonyl (C=O) groups is 2. The molecule has 26 heavy (non-hydrogen) atoms. The fourth-order valence-corrected chi connectivity index (χ4v) is 4.70. The number of carbonyl (C=O) groups excluding carboxylic acids is 2. The lowest BCUT2D eigenvalue weighted by atomic mass is 9.73. The van der Waals surface area contributed by atoms with Crippen molar-refractivity contribution in [2.75, 3.05) is 27.2 Å². The highest BCUT2D eigenvalue weighted by atomic mass is 16.2. The van der Waals surface area contributed by atoms with E-state index >= 15 is 0 Å². The Labute approximate surface area is 156 Å². The van der Waals surface area contributed by atoms with Crippen LogP contribution in [-0.4, -0.2) is 55.0 Å². The summed E-state index contributed by atoms with van der Waals surface area (Å²) in [4.78, 5) is 28.2. The summed E-state index contributed by atoms with van der Waals surface area (Å²) in [6, 6.07) is 8.88. The molecule has 1 aliphatic carbocycles. The zero-order valence-electron chi connectivity index (χ0n) is 16.4. The van der Waals surface area contributed by atoms with Crippen LogP contribution in [0, 0.1) is 0 Å². The van der Waals surface area contributed by atoms with Gasteiger partial charge in [0.2, 0.25) is 5.91 Å². The van der Waals surface area contributed by atoms with E-state index < -0.39 is 0 Å². The van der Waals surface area contributed by atoms with Crippen LogP contribution >= 0.6 is 0 Å². The van der Waals surface area contributed by atoms with Gasteiger partial charge in [-0.05, 0) is 55.6 Å². The van der Waals surface area contributed by atoms with Gasteiger partial charge in [-0.2, -0.15) is 0 Å². The van der Waals surface area contributed by atoms with Gasteiger partial charge >= 0.3 is 6.03 Å². The van der Waals surface area contributed by atoms with Gasteiger partial charge in [-0.15, -0.1) is 0 Å². The summed E-state index contributed by atoms with van der Waals surface area (Å²) in [6.45, 7) is 5.57. The number of nitrogens with zero attached hydrogens (tertiary/aromatic N) is 2. The third-order valence-electron chi connectivity index (χ3n) is 5.86. The molecule has 0 unspecified atom stereocenters. The predicted octanol–water partition coefficient (Wildman–Crippen LogP) is 3.10. The molecule has 1 atom stereocenters. The van der Waals surface area contributed by atoms with Crippen molar-refractivity contribution in [1.29, 1.82) is 0 Å². The molecule has 1 heterocycles. The SMILES string of the molecule is CC(C)NC(=O)C[C@H]1CC2(CCN(C(=O)N(C)C)CC2)c2ccccc21. The summed E-state index contributed by atoms with van der Waals surface area (Å²) in [7, 11) is 3.61. The van der Waals surface area contributed by atoms with Gasteiger partial charge in [0.1, 0.15) is 0 Å². The first-order valence-corrected chi connectivity index (χ1v) is 9.67. The fourth-order valence-electron chi connectivity index (χ4n) is 4.70. The van der Waals surface area contributed by atoms with E-state index in [-0.39, 0.29) is 29.3 Å². The van der Waals surface area contributed by atoms with Crippen LogP contribution in [0.15, 0.2) is 24.3 Å². The summed E-state index contributed by atoms with van der Waals surface area (Å²) < 4.78 is 0. The zero-order chi connectivity index (χ0) is 18.9. The highest BCUT2D eigenvalue weighted by molar-refractivity contribution is 5.77. The van der Waals surface area contributed by atoms with E-state index in [0.29, 0.717) is 6.42 Å². The number of nitrogens with one attached hydrogen (secondary N) is 1. The van der Waals surface area contributed by atoms with Gasteiger partial charge in [-0.25, -0.2) is 4.79 Å². The molecule has 2 aliphatic rings. The van der Waals surface area contributed by atoms with Crippen LogP contribution in [0.4, 0.5) is 4.79 Å². The van der Waals surface area contributed by atoms with Crippen molar-refractivity contribution in [3.05, 3.63) is 35.4 Å².